The van der Waals surface area contributed by atoms with E-state index in [1.165, 1.54) is 0 Å². The van der Waals surface area contributed by atoms with Crippen LogP contribution in [0.5, 0.6) is 0 Å². The lowest BCUT2D eigenvalue weighted by molar-refractivity contribution is 0.823. The molecule has 3 aromatic rings. The monoisotopic (exact) mass is 308 g/mol. The Hall–Kier alpha value is -2.89. The molecule has 0 spiro atoms. The van der Waals surface area contributed by atoms with E-state index in [9.17, 15) is 0 Å². The number of imidazole rings is 1. The Balaban J connectivity index is 1.55. The summed E-state index contributed by atoms with van der Waals surface area (Å²) in [6, 6.07) is 11.9. The van der Waals surface area contributed by atoms with Gasteiger partial charge < -0.3 is 16.0 Å². The molecule has 0 saturated heterocycles. The van der Waals surface area contributed by atoms with E-state index in [2.05, 4.69) is 25.3 Å². The van der Waals surface area contributed by atoms with Crippen molar-refractivity contribution < 1.29 is 0 Å². The van der Waals surface area contributed by atoms with Gasteiger partial charge in [0.1, 0.15) is 12.4 Å². The standard InChI is InChI=1S/C17H20N6/c1-12-5-4-7-14-16(12)23-15(22-14)11-21-17(18)20-10-8-13-6-2-3-9-19-13/h2-7,9H,8,10-11H2,1H3,(H,22,23)(H3,18,20,21). The number of aromatic amines is 1. The van der Waals surface area contributed by atoms with E-state index in [1.54, 1.807) is 6.20 Å². The van der Waals surface area contributed by atoms with E-state index in [-0.39, 0.29) is 0 Å². The third-order valence-electron chi connectivity index (χ3n) is 3.58. The van der Waals surface area contributed by atoms with Crippen molar-refractivity contribution in [2.75, 3.05) is 6.54 Å². The lowest BCUT2D eigenvalue weighted by Gasteiger charge is -2.04. The highest BCUT2D eigenvalue weighted by Crippen LogP contribution is 2.15. The first-order valence-corrected chi connectivity index (χ1v) is 7.60. The predicted octanol–water partition coefficient (Wildman–Crippen LogP) is 1.91. The molecule has 0 unspecified atom stereocenters. The first kappa shape index (κ1) is 15.0. The summed E-state index contributed by atoms with van der Waals surface area (Å²) >= 11 is 0. The average molecular weight is 308 g/mol. The van der Waals surface area contributed by atoms with Crippen molar-refractivity contribution in [2.45, 2.75) is 19.9 Å². The van der Waals surface area contributed by atoms with Crippen LogP contribution >= 0.6 is 0 Å². The van der Waals surface area contributed by atoms with Crippen molar-refractivity contribution >= 4 is 17.0 Å². The molecule has 0 fully saturated rings. The molecule has 0 aliphatic heterocycles. The van der Waals surface area contributed by atoms with Crippen molar-refractivity contribution in [1.82, 2.24) is 20.3 Å². The number of fused-ring (bicyclic) bond motifs is 1. The van der Waals surface area contributed by atoms with E-state index >= 15 is 0 Å². The minimum absolute atomic E-state index is 0.415. The Kier molecular flexibility index (Phi) is 4.52. The minimum Gasteiger partial charge on any atom is -0.370 e. The maximum atomic E-state index is 5.89. The van der Waals surface area contributed by atoms with Gasteiger partial charge in [0.25, 0.3) is 0 Å². The maximum absolute atomic E-state index is 5.89. The zero-order valence-electron chi connectivity index (χ0n) is 13.1. The third kappa shape index (κ3) is 3.85. The molecule has 0 bridgehead atoms. The summed E-state index contributed by atoms with van der Waals surface area (Å²) < 4.78 is 0. The van der Waals surface area contributed by atoms with Crippen LogP contribution in [0.2, 0.25) is 0 Å². The van der Waals surface area contributed by atoms with Gasteiger partial charge in [-0.2, -0.15) is 0 Å². The fourth-order valence-corrected chi connectivity index (χ4v) is 2.38. The number of para-hydroxylation sites is 1. The van der Waals surface area contributed by atoms with Gasteiger partial charge in [0.05, 0.1) is 11.0 Å². The van der Waals surface area contributed by atoms with E-state index < -0.39 is 0 Å². The molecule has 0 amide bonds. The number of H-pyrrole nitrogens is 1. The van der Waals surface area contributed by atoms with E-state index in [1.807, 2.05) is 43.3 Å². The first-order valence-electron chi connectivity index (χ1n) is 7.60. The number of nitrogens with one attached hydrogen (secondary N) is 2. The third-order valence-corrected chi connectivity index (χ3v) is 3.58. The molecule has 0 radical (unpaired) electrons. The zero-order chi connectivity index (χ0) is 16.1. The second kappa shape index (κ2) is 6.91. The SMILES string of the molecule is Cc1cccc2[nH]c(CN=C(N)NCCc3ccccn3)nc12. The number of hydrogen-bond acceptors (Lipinski definition) is 3. The number of aromatic nitrogens is 3. The maximum Gasteiger partial charge on any atom is 0.189 e. The van der Waals surface area contributed by atoms with Crippen LogP contribution in [-0.2, 0) is 13.0 Å². The lowest BCUT2D eigenvalue weighted by Crippen LogP contribution is -2.33. The fraction of sp³-hybridized carbons (Fsp3) is 0.235. The Morgan fingerprint density at radius 3 is 2.96 bits per heavy atom. The quantitative estimate of drug-likeness (QED) is 0.496. The van der Waals surface area contributed by atoms with Gasteiger partial charge in [0, 0.05) is 24.9 Å². The molecule has 6 heteroatoms. The highest BCUT2D eigenvalue weighted by molar-refractivity contribution is 5.79. The highest BCUT2D eigenvalue weighted by Gasteiger charge is 2.04. The van der Waals surface area contributed by atoms with Gasteiger partial charge in [0.15, 0.2) is 5.96 Å². The molecular weight excluding hydrogens is 288 g/mol. The Labute approximate surface area is 134 Å². The second-order valence-electron chi connectivity index (χ2n) is 5.35. The fourth-order valence-electron chi connectivity index (χ4n) is 2.38. The summed E-state index contributed by atoms with van der Waals surface area (Å²) in [5.74, 6) is 1.22. The van der Waals surface area contributed by atoms with Crippen LogP contribution in [0, 0.1) is 6.92 Å². The van der Waals surface area contributed by atoms with Crippen molar-refractivity contribution in [1.29, 1.82) is 0 Å². The summed E-state index contributed by atoms with van der Waals surface area (Å²) in [5, 5.41) is 3.09. The molecular formula is C17H20N6. The van der Waals surface area contributed by atoms with Crippen molar-refractivity contribution in [2.24, 2.45) is 10.7 Å². The molecule has 0 atom stereocenters. The van der Waals surface area contributed by atoms with Crippen LogP contribution in [0.3, 0.4) is 0 Å². The van der Waals surface area contributed by atoms with Crippen LogP contribution in [0.25, 0.3) is 11.0 Å². The number of aryl methyl sites for hydroxylation is 1. The van der Waals surface area contributed by atoms with E-state index in [4.69, 9.17) is 5.73 Å². The Morgan fingerprint density at radius 2 is 2.17 bits per heavy atom. The summed E-state index contributed by atoms with van der Waals surface area (Å²) in [5.41, 5.74) is 10.1. The van der Waals surface area contributed by atoms with Gasteiger partial charge in [-0.3, -0.25) is 4.98 Å². The second-order valence-corrected chi connectivity index (χ2v) is 5.35. The summed E-state index contributed by atoms with van der Waals surface area (Å²) in [6.07, 6.45) is 2.59. The van der Waals surface area contributed by atoms with Crippen LogP contribution in [0.4, 0.5) is 0 Å². The van der Waals surface area contributed by atoms with Gasteiger partial charge >= 0.3 is 0 Å². The largest absolute Gasteiger partial charge is 0.370 e. The number of nitrogens with zero attached hydrogens (tertiary/aromatic N) is 3. The molecule has 2 aromatic heterocycles. The van der Waals surface area contributed by atoms with Crippen LogP contribution in [-0.4, -0.2) is 27.5 Å². The van der Waals surface area contributed by atoms with Crippen LogP contribution < -0.4 is 11.1 Å². The van der Waals surface area contributed by atoms with Gasteiger partial charge in [-0.05, 0) is 30.7 Å². The molecule has 3 rings (SSSR count). The first-order chi connectivity index (χ1) is 11.2. The number of benzene rings is 1. The normalized spacial score (nSPS) is 11.8. The molecule has 2 heterocycles. The van der Waals surface area contributed by atoms with Crippen molar-refractivity contribution in [3.63, 3.8) is 0 Å². The minimum atomic E-state index is 0.415. The van der Waals surface area contributed by atoms with Crippen LogP contribution in [0.1, 0.15) is 17.1 Å². The van der Waals surface area contributed by atoms with Crippen molar-refractivity contribution in [3.8, 4) is 0 Å². The molecule has 1 aromatic carbocycles. The average Bonchev–Trinajstić information content (AvgIpc) is 2.99. The lowest BCUT2D eigenvalue weighted by atomic mass is 10.2. The zero-order valence-corrected chi connectivity index (χ0v) is 13.1. The number of aliphatic imine (C=N–C) groups is 1. The topological polar surface area (TPSA) is 92.0 Å². The van der Waals surface area contributed by atoms with Gasteiger partial charge in [0.2, 0.25) is 0 Å². The molecule has 4 N–H and O–H groups in total. The molecule has 0 saturated carbocycles. The highest BCUT2D eigenvalue weighted by atomic mass is 15.1. The number of rotatable bonds is 5. The molecule has 23 heavy (non-hydrogen) atoms. The van der Waals surface area contributed by atoms with Gasteiger partial charge in [-0.15, -0.1) is 0 Å². The molecule has 0 aliphatic rings. The van der Waals surface area contributed by atoms with Gasteiger partial charge in [-0.25, -0.2) is 9.98 Å². The molecule has 0 aliphatic carbocycles. The number of guanidine groups is 1. The molecule has 6 nitrogen and oxygen atoms in total. The van der Waals surface area contributed by atoms with Gasteiger partial charge in [-0.1, -0.05) is 18.2 Å². The van der Waals surface area contributed by atoms with Crippen molar-refractivity contribution in [3.05, 3.63) is 59.7 Å². The Bertz CT molecular complexity index is 806. The summed E-state index contributed by atoms with van der Waals surface area (Å²) in [7, 11) is 0. The van der Waals surface area contributed by atoms with E-state index in [0.29, 0.717) is 19.0 Å². The molecule has 118 valence electrons. The number of nitrogens with two attached hydrogens (primary N) is 1. The van der Waals surface area contributed by atoms with Crippen LogP contribution in [0.15, 0.2) is 47.6 Å². The number of hydrogen-bond donors (Lipinski definition) is 3. The Morgan fingerprint density at radius 1 is 1.26 bits per heavy atom. The number of pyridine rings is 1. The smallest absolute Gasteiger partial charge is 0.189 e. The predicted molar refractivity (Wildman–Crippen MR) is 92.1 cm³/mol. The summed E-state index contributed by atoms with van der Waals surface area (Å²) in [6.45, 7) is 3.17. The summed E-state index contributed by atoms with van der Waals surface area (Å²) in [4.78, 5) is 16.4. The van der Waals surface area contributed by atoms with E-state index in [0.717, 1.165) is 34.5 Å².